The summed E-state index contributed by atoms with van der Waals surface area (Å²) in [5.74, 6) is 0.548. The van der Waals surface area contributed by atoms with Crippen LogP contribution in [0.25, 0.3) is 17.1 Å². The fraction of sp³-hybridized carbons (Fsp3) is 0. The average Bonchev–Trinajstić information content (AvgIpc) is 3.28. The zero-order valence-electron chi connectivity index (χ0n) is 13.5. The highest BCUT2D eigenvalue weighted by atomic mass is 35.5. The first-order chi connectivity index (χ1) is 12.7. The maximum Gasteiger partial charge on any atom is 0.216 e. The van der Waals surface area contributed by atoms with Crippen molar-refractivity contribution < 1.29 is 0 Å². The van der Waals surface area contributed by atoms with Crippen LogP contribution >= 0.6 is 23.8 Å². The second-order valence-corrected chi connectivity index (χ2v) is 6.24. The molecule has 0 amide bonds. The van der Waals surface area contributed by atoms with Crippen LogP contribution in [-0.4, -0.2) is 30.9 Å². The van der Waals surface area contributed by atoms with Gasteiger partial charge in [-0.25, -0.2) is 9.78 Å². The quantitative estimate of drug-likeness (QED) is 0.423. The Morgan fingerprint density at radius 3 is 2.65 bits per heavy atom. The molecule has 6 nitrogen and oxygen atoms in total. The molecule has 2 aromatic heterocycles. The van der Waals surface area contributed by atoms with Gasteiger partial charge in [0.05, 0.1) is 23.1 Å². The van der Waals surface area contributed by atoms with Crippen molar-refractivity contribution in [1.29, 1.82) is 0 Å². The van der Waals surface area contributed by atoms with Crippen LogP contribution in [0.2, 0.25) is 5.02 Å². The molecule has 0 unspecified atom stereocenters. The van der Waals surface area contributed by atoms with Crippen molar-refractivity contribution in [2.75, 3.05) is 0 Å². The molecule has 0 saturated carbocycles. The second-order valence-electron chi connectivity index (χ2n) is 5.44. The van der Waals surface area contributed by atoms with Crippen LogP contribution in [0, 0.1) is 4.77 Å². The minimum atomic E-state index is 0.381. The van der Waals surface area contributed by atoms with Crippen LogP contribution in [0.15, 0.2) is 72.1 Å². The number of aromatic amines is 1. The van der Waals surface area contributed by atoms with E-state index >= 15 is 0 Å². The van der Waals surface area contributed by atoms with Gasteiger partial charge in [-0.05, 0) is 36.5 Å². The summed E-state index contributed by atoms with van der Waals surface area (Å²) >= 11 is 11.5. The molecule has 8 heteroatoms. The molecular formula is C18H13ClN6S. The molecule has 4 rings (SSSR count). The maximum absolute atomic E-state index is 6.26. The molecule has 1 N–H and O–H groups in total. The number of rotatable bonds is 4. The summed E-state index contributed by atoms with van der Waals surface area (Å²) in [6, 6.07) is 17.3. The van der Waals surface area contributed by atoms with E-state index in [9.17, 15) is 0 Å². The number of halogens is 1. The Bertz CT molecular complexity index is 1130. The van der Waals surface area contributed by atoms with Gasteiger partial charge in [-0.2, -0.15) is 20.0 Å². The molecule has 0 fully saturated rings. The fourth-order valence-corrected chi connectivity index (χ4v) is 2.86. The van der Waals surface area contributed by atoms with E-state index < -0.39 is 0 Å². The molecule has 0 spiro atoms. The highest BCUT2D eigenvalue weighted by Crippen LogP contribution is 2.25. The third-order valence-electron chi connectivity index (χ3n) is 3.71. The normalized spacial score (nSPS) is 11.3. The van der Waals surface area contributed by atoms with Crippen molar-refractivity contribution in [3.05, 3.63) is 82.3 Å². The van der Waals surface area contributed by atoms with Gasteiger partial charge < -0.3 is 0 Å². The maximum atomic E-state index is 6.26. The van der Waals surface area contributed by atoms with Gasteiger partial charge in [0.25, 0.3) is 0 Å². The fourth-order valence-electron chi connectivity index (χ4n) is 2.47. The van der Waals surface area contributed by atoms with Crippen molar-refractivity contribution >= 4 is 30.0 Å². The first-order valence-corrected chi connectivity index (χ1v) is 8.58. The Morgan fingerprint density at radius 1 is 1.08 bits per heavy atom. The van der Waals surface area contributed by atoms with Crippen molar-refractivity contribution in [3.63, 3.8) is 0 Å². The third kappa shape index (κ3) is 3.22. The molecule has 128 valence electrons. The summed E-state index contributed by atoms with van der Waals surface area (Å²) in [5.41, 5.74) is 2.56. The number of aromatic nitrogens is 5. The number of para-hydroxylation sites is 1. The SMILES string of the molecule is S=c1[nH]nc(-c2ccccc2Cl)n1/N=C\c1cnn(-c2ccccc2)c1. The number of benzene rings is 2. The number of nitrogens with one attached hydrogen (secondary N) is 1. The standard InChI is InChI=1S/C18H13ClN6S/c19-16-9-5-4-8-15(16)17-22-23-18(26)25(17)21-11-13-10-20-24(12-13)14-6-2-1-3-7-14/h1-12H,(H,23,26)/b21-11-. The van der Waals surface area contributed by atoms with Gasteiger partial charge in [0.1, 0.15) is 0 Å². The number of nitrogens with zero attached hydrogens (tertiary/aromatic N) is 5. The molecule has 0 atom stereocenters. The van der Waals surface area contributed by atoms with Gasteiger partial charge >= 0.3 is 0 Å². The van der Waals surface area contributed by atoms with Crippen molar-refractivity contribution in [1.82, 2.24) is 24.7 Å². The van der Waals surface area contributed by atoms with Crippen molar-refractivity contribution in [2.24, 2.45) is 5.10 Å². The molecule has 0 aliphatic heterocycles. The number of H-pyrrole nitrogens is 1. The van der Waals surface area contributed by atoms with Gasteiger partial charge in [0.15, 0.2) is 5.82 Å². The molecule has 2 heterocycles. The molecule has 0 radical (unpaired) electrons. The van der Waals surface area contributed by atoms with E-state index in [1.165, 1.54) is 4.68 Å². The van der Waals surface area contributed by atoms with Crippen LogP contribution < -0.4 is 0 Å². The Kier molecular flexibility index (Phi) is 4.47. The van der Waals surface area contributed by atoms with Crippen molar-refractivity contribution in [2.45, 2.75) is 0 Å². The summed E-state index contributed by atoms with van der Waals surface area (Å²) in [4.78, 5) is 0. The highest BCUT2D eigenvalue weighted by Gasteiger charge is 2.11. The van der Waals surface area contributed by atoms with Crippen LogP contribution in [0.1, 0.15) is 5.56 Å². The molecule has 0 bridgehead atoms. The number of hydrogen-bond acceptors (Lipinski definition) is 4. The minimum absolute atomic E-state index is 0.381. The molecule has 0 aliphatic rings. The summed E-state index contributed by atoms with van der Waals surface area (Å²) in [6.07, 6.45) is 5.30. The molecular weight excluding hydrogens is 368 g/mol. The Hall–Kier alpha value is -3.03. The van der Waals surface area contributed by atoms with E-state index in [-0.39, 0.29) is 0 Å². The monoisotopic (exact) mass is 380 g/mol. The summed E-state index contributed by atoms with van der Waals surface area (Å²) in [6.45, 7) is 0. The molecule has 0 aliphatic carbocycles. The lowest BCUT2D eigenvalue weighted by molar-refractivity contribution is 0.871. The molecule has 4 aromatic rings. The Balaban J connectivity index is 1.67. The lowest BCUT2D eigenvalue weighted by Gasteiger charge is -2.02. The smallest absolute Gasteiger partial charge is 0.216 e. The third-order valence-corrected chi connectivity index (χ3v) is 4.30. The van der Waals surface area contributed by atoms with Gasteiger partial charge in [0, 0.05) is 17.3 Å². The van der Waals surface area contributed by atoms with E-state index in [0.29, 0.717) is 15.6 Å². The lowest BCUT2D eigenvalue weighted by atomic mass is 10.2. The molecule has 0 saturated heterocycles. The first-order valence-electron chi connectivity index (χ1n) is 7.79. The van der Waals surface area contributed by atoms with Gasteiger partial charge in [-0.15, -0.1) is 0 Å². The van der Waals surface area contributed by atoms with Crippen LogP contribution in [0.4, 0.5) is 0 Å². The zero-order valence-corrected chi connectivity index (χ0v) is 15.0. The Labute approximate surface area is 159 Å². The first kappa shape index (κ1) is 16.4. The van der Waals surface area contributed by atoms with Gasteiger partial charge in [-0.3, -0.25) is 0 Å². The van der Waals surface area contributed by atoms with Crippen LogP contribution in [0.5, 0.6) is 0 Å². The predicted molar refractivity (Wildman–Crippen MR) is 104 cm³/mol. The summed E-state index contributed by atoms with van der Waals surface area (Å²) in [5, 5.41) is 16.4. The Morgan fingerprint density at radius 2 is 1.85 bits per heavy atom. The van der Waals surface area contributed by atoms with Crippen LogP contribution in [-0.2, 0) is 0 Å². The van der Waals surface area contributed by atoms with Gasteiger partial charge in [-0.1, -0.05) is 41.9 Å². The molecule has 2 aromatic carbocycles. The summed E-state index contributed by atoms with van der Waals surface area (Å²) in [7, 11) is 0. The highest BCUT2D eigenvalue weighted by molar-refractivity contribution is 7.71. The van der Waals surface area contributed by atoms with E-state index in [1.807, 2.05) is 54.7 Å². The van der Waals surface area contributed by atoms with Gasteiger partial charge in [0.2, 0.25) is 4.77 Å². The van der Waals surface area contributed by atoms with Crippen LogP contribution in [0.3, 0.4) is 0 Å². The van der Waals surface area contributed by atoms with E-state index in [4.69, 9.17) is 23.8 Å². The topological polar surface area (TPSA) is 63.8 Å². The zero-order chi connectivity index (χ0) is 17.9. The van der Waals surface area contributed by atoms with Crippen molar-refractivity contribution in [3.8, 4) is 17.1 Å². The van der Waals surface area contributed by atoms with E-state index in [1.54, 1.807) is 23.2 Å². The second kappa shape index (κ2) is 7.07. The van der Waals surface area contributed by atoms with E-state index in [2.05, 4.69) is 20.4 Å². The number of hydrogen-bond donors (Lipinski definition) is 1. The molecule has 26 heavy (non-hydrogen) atoms. The van der Waals surface area contributed by atoms with E-state index in [0.717, 1.165) is 16.8 Å². The summed E-state index contributed by atoms with van der Waals surface area (Å²) < 4.78 is 3.70. The minimum Gasteiger partial charge on any atom is -0.250 e. The largest absolute Gasteiger partial charge is 0.250 e. The average molecular weight is 381 g/mol. The lowest BCUT2D eigenvalue weighted by Crippen LogP contribution is -1.95. The predicted octanol–water partition coefficient (Wildman–Crippen LogP) is 4.33.